The summed E-state index contributed by atoms with van der Waals surface area (Å²) in [6.45, 7) is 35.4. The van der Waals surface area contributed by atoms with Gasteiger partial charge in [-0.3, -0.25) is 0 Å². The first-order valence-electron chi connectivity index (χ1n) is 19.3. The molecule has 0 N–H and O–H groups in total. The van der Waals surface area contributed by atoms with Gasteiger partial charge in [0.1, 0.15) is 0 Å². The third-order valence-electron chi connectivity index (χ3n) is 9.09. The molecule has 4 rings (SSSR count). The quantitative estimate of drug-likeness (QED) is 0.192. The van der Waals surface area contributed by atoms with Crippen LogP contribution in [0.2, 0.25) is 0 Å². The fraction of sp³-hybridized carbons (Fsp3) is 0.889. The number of thiocarbonyl (C=S) groups is 4. The van der Waals surface area contributed by atoms with E-state index in [1.807, 2.05) is 0 Å². The maximum Gasteiger partial charge on any atom is 0.171 e. The molecule has 8 nitrogen and oxygen atoms in total. The molecule has 290 valence electrons. The van der Waals surface area contributed by atoms with Crippen LogP contribution in [0.25, 0.3) is 0 Å². The second-order valence-electron chi connectivity index (χ2n) is 12.8. The van der Waals surface area contributed by atoms with Crippen molar-refractivity contribution in [3.63, 3.8) is 0 Å². The summed E-state index contributed by atoms with van der Waals surface area (Å²) in [5.41, 5.74) is 0. The number of rotatable bonds is 12. The van der Waals surface area contributed by atoms with Gasteiger partial charge in [-0.25, -0.2) is 0 Å². The first-order chi connectivity index (χ1) is 23.2. The van der Waals surface area contributed by atoms with Crippen LogP contribution in [0.4, 0.5) is 0 Å². The number of hydrogen-bond acceptors (Lipinski definition) is 4. The van der Waals surface area contributed by atoms with E-state index in [1.165, 1.54) is 51.4 Å². The molecule has 0 spiro atoms. The third-order valence-corrected chi connectivity index (χ3v) is 11.2. The minimum absolute atomic E-state index is 0. The van der Waals surface area contributed by atoms with Crippen molar-refractivity contribution in [3.05, 3.63) is 0 Å². The fourth-order valence-electron chi connectivity index (χ4n) is 6.46. The summed E-state index contributed by atoms with van der Waals surface area (Å²) in [4.78, 5) is 18.4. The van der Waals surface area contributed by atoms with E-state index in [0.29, 0.717) is 0 Å². The van der Waals surface area contributed by atoms with Gasteiger partial charge in [-0.15, -0.1) is 0 Å². The molecule has 0 aromatic rings. The van der Waals surface area contributed by atoms with Crippen molar-refractivity contribution in [2.24, 2.45) is 0 Å². The van der Waals surface area contributed by atoms with Crippen molar-refractivity contribution >= 4 is 69.3 Å². The van der Waals surface area contributed by atoms with Gasteiger partial charge in [0.15, 0.2) is 20.4 Å². The van der Waals surface area contributed by atoms with Crippen LogP contribution in [0, 0.1) is 0 Å². The normalized spacial score (nSPS) is 18.3. The first-order valence-corrected chi connectivity index (χ1v) is 21.0. The molecule has 4 fully saturated rings. The second-order valence-corrected chi connectivity index (χ2v) is 14.3. The Hall–Kier alpha value is -0.552. The molecule has 0 bridgehead atoms. The van der Waals surface area contributed by atoms with Gasteiger partial charge in [0.25, 0.3) is 0 Å². The van der Waals surface area contributed by atoms with Crippen LogP contribution in [0.5, 0.6) is 0 Å². The molecule has 0 aromatic heterocycles. The molecule has 0 unspecified atom stereocenters. The Balaban J connectivity index is 0.000000623. The average molecular weight is 940 g/mol. The number of nitrogens with zero attached hydrogens (tertiary/aromatic N) is 8. The summed E-state index contributed by atoms with van der Waals surface area (Å²) in [5, 5.41) is 4.24. The monoisotopic (exact) mass is 939 g/mol. The van der Waals surface area contributed by atoms with Crippen LogP contribution < -0.4 is 0 Å². The van der Waals surface area contributed by atoms with Crippen molar-refractivity contribution < 1.29 is 21.1 Å². The molecule has 13 heteroatoms. The molecule has 0 saturated carbocycles. The molecule has 0 aromatic carbocycles. The smallest absolute Gasteiger partial charge is 0.171 e. The van der Waals surface area contributed by atoms with Crippen LogP contribution in [-0.2, 0) is 21.1 Å². The van der Waals surface area contributed by atoms with E-state index < -0.39 is 0 Å². The SMILES string of the molecule is CCCN1CCCN(CC)C1=S.CCCN1CCCN(CC)C1=S.CCCN1CCCN(CC)C1=S.CCCN1CCCN(CC)C1=S.[Pt]. The van der Waals surface area contributed by atoms with Crippen LogP contribution in [0.15, 0.2) is 0 Å². The van der Waals surface area contributed by atoms with E-state index in [-0.39, 0.29) is 21.1 Å². The Kier molecular flexibility index (Phi) is 28.6. The minimum Gasteiger partial charge on any atom is -0.349 e. The molecule has 4 aliphatic heterocycles. The van der Waals surface area contributed by atoms with Gasteiger partial charge < -0.3 is 39.2 Å². The van der Waals surface area contributed by atoms with Gasteiger partial charge in [-0.2, -0.15) is 0 Å². The van der Waals surface area contributed by atoms with E-state index in [2.05, 4.69) is 94.6 Å². The third kappa shape index (κ3) is 17.2. The predicted octanol–water partition coefficient (Wildman–Crippen LogP) is 6.83. The molecule has 0 aliphatic carbocycles. The van der Waals surface area contributed by atoms with E-state index in [0.717, 1.165) is 125 Å². The zero-order valence-corrected chi connectivity index (χ0v) is 38.0. The molecule has 4 heterocycles. The van der Waals surface area contributed by atoms with Gasteiger partial charge in [0.05, 0.1) is 0 Å². The summed E-state index contributed by atoms with van der Waals surface area (Å²) in [6.07, 6.45) is 9.80. The van der Waals surface area contributed by atoms with Gasteiger partial charge in [-0.05, 0) is 128 Å². The Bertz CT molecular complexity index is 777. The van der Waals surface area contributed by atoms with E-state index in [1.54, 1.807) is 0 Å². The molecule has 4 saturated heterocycles. The fourth-order valence-corrected chi connectivity index (χ4v) is 8.07. The van der Waals surface area contributed by atoms with E-state index in [4.69, 9.17) is 48.9 Å². The summed E-state index contributed by atoms with van der Waals surface area (Å²) >= 11 is 21.5. The Morgan fingerprint density at radius 1 is 0.327 bits per heavy atom. The van der Waals surface area contributed by atoms with Crippen molar-refractivity contribution in [2.45, 2.75) is 107 Å². The summed E-state index contributed by atoms with van der Waals surface area (Å²) < 4.78 is 0. The van der Waals surface area contributed by atoms with Crippen molar-refractivity contribution in [1.29, 1.82) is 0 Å². The standard InChI is InChI=1S/4C9H18N2S.Pt/c4*1-3-6-11-8-5-7-10(4-2)9(11)12;/h4*3-8H2,1-2H3;. The van der Waals surface area contributed by atoms with E-state index in [9.17, 15) is 0 Å². The van der Waals surface area contributed by atoms with Crippen LogP contribution in [0.1, 0.15) is 107 Å². The van der Waals surface area contributed by atoms with Gasteiger partial charge in [-0.1, -0.05) is 27.7 Å². The molecule has 0 atom stereocenters. The maximum atomic E-state index is 5.36. The van der Waals surface area contributed by atoms with Crippen molar-refractivity contribution in [1.82, 2.24) is 39.2 Å². The Morgan fingerprint density at radius 3 is 0.633 bits per heavy atom. The van der Waals surface area contributed by atoms with Crippen molar-refractivity contribution in [2.75, 3.05) is 105 Å². The molecular formula is C36H72N8PtS4. The predicted molar refractivity (Wildman–Crippen MR) is 225 cm³/mol. The van der Waals surface area contributed by atoms with Crippen LogP contribution in [0.3, 0.4) is 0 Å². The van der Waals surface area contributed by atoms with Gasteiger partial charge in [0, 0.05) is 126 Å². The Morgan fingerprint density at radius 2 is 0.490 bits per heavy atom. The van der Waals surface area contributed by atoms with Gasteiger partial charge >= 0.3 is 0 Å². The van der Waals surface area contributed by atoms with Gasteiger partial charge in [0.2, 0.25) is 0 Å². The summed E-state index contributed by atoms with van der Waals surface area (Å²) in [7, 11) is 0. The molecule has 0 amide bonds. The van der Waals surface area contributed by atoms with Crippen LogP contribution in [-0.4, -0.2) is 164 Å². The summed E-state index contributed by atoms with van der Waals surface area (Å²) in [6, 6.07) is 0. The molecule has 49 heavy (non-hydrogen) atoms. The molecule has 0 radical (unpaired) electrons. The van der Waals surface area contributed by atoms with Crippen LogP contribution >= 0.6 is 48.9 Å². The zero-order valence-electron chi connectivity index (χ0n) is 32.5. The maximum absolute atomic E-state index is 5.36. The topological polar surface area (TPSA) is 25.9 Å². The zero-order chi connectivity index (χ0) is 35.9. The molecule has 4 aliphatic rings. The summed E-state index contributed by atoms with van der Waals surface area (Å²) in [5.74, 6) is 0. The van der Waals surface area contributed by atoms with Crippen molar-refractivity contribution in [3.8, 4) is 0 Å². The largest absolute Gasteiger partial charge is 0.349 e. The minimum atomic E-state index is 0. The Labute approximate surface area is 338 Å². The number of hydrogen-bond donors (Lipinski definition) is 0. The average Bonchev–Trinajstić information content (AvgIpc) is 3.10. The first kappa shape index (κ1) is 48.4. The molecular weight excluding hydrogens is 868 g/mol. The van der Waals surface area contributed by atoms with E-state index >= 15 is 0 Å². The second kappa shape index (κ2) is 29.0.